The van der Waals surface area contributed by atoms with Crippen LogP contribution in [0.5, 0.6) is 0 Å². The summed E-state index contributed by atoms with van der Waals surface area (Å²) in [6, 6.07) is 5.25. The Morgan fingerprint density at radius 1 is 1.38 bits per heavy atom. The maximum Gasteiger partial charge on any atom is 0.240 e. The predicted octanol–water partition coefficient (Wildman–Crippen LogP) is 2.14. The Balaban J connectivity index is 2.12. The number of rotatable bonds is 6. The van der Waals surface area contributed by atoms with Gasteiger partial charge in [-0.05, 0) is 57.4 Å². The van der Waals surface area contributed by atoms with E-state index in [9.17, 15) is 8.42 Å². The lowest BCUT2D eigenvalue weighted by Gasteiger charge is -2.25. The summed E-state index contributed by atoms with van der Waals surface area (Å²) in [7, 11) is -3.50. The molecule has 5 nitrogen and oxygen atoms in total. The second kappa shape index (κ2) is 6.34. The van der Waals surface area contributed by atoms with Gasteiger partial charge in [-0.25, -0.2) is 13.1 Å². The summed E-state index contributed by atoms with van der Waals surface area (Å²) < 4.78 is 32.9. The first kappa shape index (κ1) is 16.3. The molecule has 1 aliphatic rings. The second-order valence-electron chi connectivity index (χ2n) is 5.87. The number of ether oxygens (including phenoxy) is 1. The van der Waals surface area contributed by atoms with Crippen LogP contribution in [0.2, 0.25) is 0 Å². The third-order valence-electron chi connectivity index (χ3n) is 3.55. The average Bonchev–Trinajstić information content (AvgIpc) is 2.45. The molecule has 1 aromatic rings. The lowest BCUT2D eigenvalue weighted by Crippen LogP contribution is -2.40. The molecule has 1 aliphatic heterocycles. The van der Waals surface area contributed by atoms with E-state index in [-0.39, 0.29) is 6.54 Å². The van der Waals surface area contributed by atoms with E-state index in [1.165, 1.54) is 0 Å². The molecule has 0 amide bonds. The van der Waals surface area contributed by atoms with Crippen molar-refractivity contribution in [2.24, 2.45) is 0 Å². The summed E-state index contributed by atoms with van der Waals surface area (Å²) >= 11 is 0. The van der Waals surface area contributed by atoms with Crippen molar-refractivity contribution in [2.75, 3.05) is 25.0 Å². The summed E-state index contributed by atoms with van der Waals surface area (Å²) in [5.74, 6) is 0. The maximum atomic E-state index is 12.4. The van der Waals surface area contributed by atoms with Crippen molar-refractivity contribution in [2.45, 2.75) is 44.1 Å². The van der Waals surface area contributed by atoms with Crippen LogP contribution in [-0.4, -0.2) is 33.7 Å². The third-order valence-corrected chi connectivity index (χ3v) is 4.95. The molecule has 118 valence electrons. The first-order chi connectivity index (χ1) is 9.84. The van der Waals surface area contributed by atoms with Crippen LogP contribution in [0.4, 0.5) is 5.69 Å². The van der Waals surface area contributed by atoms with Gasteiger partial charge < -0.3 is 10.1 Å². The molecule has 1 aromatic carbocycles. The zero-order chi connectivity index (χ0) is 15.5. The van der Waals surface area contributed by atoms with Gasteiger partial charge in [0.15, 0.2) is 0 Å². The number of nitrogens with one attached hydrogen (secondary N) is 2. The zero-order valence-corrected chi connectivity index (χ0v) is 13.7. The molecule has 6 heteroatoms. The monoisotopic (exact) mass is 312 g/mol. The molecule has 0 aliphatic carbocycles. The van der Waals surface area contributed by atoms with Gasteiger partial charge in [0.1, 0.15) is 0 Å². The smallest absolute Gasteiger partial charge is 0.240 e. The van der Waals surface area contributed by atoms with Crippen molar-refractivity contribution in [1.82, 2.24) is 4.72 Å². The van der Waals surface area contributed by atoms with Gasteiger partial charge in [0.25, 0.3) is 0 Å². The molecule has 2 rings (SSSR count). The normalized spacial score (nSPS) is 15.4. The van der Waals surface area contributed by atoms with Crippen LogP contribution in [0.15, 0.2) is 23.1 Å². The average molecular weight is 312 g/mol. The highest BCUT2D eigenvalue weighted by Crippen LogP contribution is 2.25. The molecule has 0 aromatic heterocycles. The number of hydrogen-bond donors (Lipinski definition) is 2. The van der Waals surface area contributed by atoms with E-state index in [0.717, 1.165) is 30.6 Å². The van der Waals surface area contributed by atoms with Crippen molar-refractivity contribution < 1.29 is 13.2 Å². The van der Waals surface area contributed by atoms with E-state index in [1.54, 1.807) is 12.1 Å². The number of fused-ring (bicyclic) bond motifs is 1. The van der Waals surface area contributed by atoms with Crippen LogP contribution >= 0.6 is 0 Å². The summed E-state index contributed by atoms with van der Waals surface area (Å²) in [5, 5.41) is 3.28. The van der Waals surface area contributed by atoms with Crippen LogP contribution in [0.25, 0.3) is 0 Å². The fraction of sp³-hybridized carbons (Fsp3) is 0.600. The van der Waals surface area contributed by atoms with Crippen molar-refractivity contribution in [1.29, 1.82) is 0 Å². The van der Waals surface area contributed by atoms with Crippen molar-refractivity contribution in [3.05, 3.63) is 23.8 Å². The minimum atomic E-state index is -3.50. The van der Waals surface area contributed by atoms with E-state index in [0.29, 0.717) is 11.5 Å². The highest BCUT2D eigenvalue weighted by molar-refractivity contribution is 7.89. The van der Waals surface area contributed by atoms with Crippen LogP contribution in [0.1, 0.15) is 32.8 Å². The molecular weight excluding hydrogens is 288 g/mol. The number of aryl methyl sites for hydroxylation is 1. The fourth-order valence-corrected chi connectivity index (χ4v) is 3.66. The Kier molecular flexibility index (Phi) is 4.91. The van der Waals surface area contributed by atoms with Gasteiger partial charge >= 0.3 is 0 Å². The molecule has 0 atom stereocenters. The third kappa shape index (κ3) is 4.18. The van der Waals surface area contributed by atoms with Gasteiger partial charge in [-0.15, -0.1) is 0 Å². The number of hydrogen-bond acceptors (Lipinski definition) is 4. The summed E-state index contributed by atoms with van der Waals surface area (Å²) in [6.07, 6.45) is 1.94. The Hall–Kier alpha value is -1.11. The minimum Gasteiger partial charge on any atom is -0.385 e. The Morgan fingerprint density at radius 2 is 2.14 bits per heavy atom. The first-order valence-corrected chi connectivity index (χ1v) is 8.83. The van der Waals surface area contributed by atoms with Crippen LogP contribution in [0.3, 0.4) is 0 Å². The largest absolute Gasteiger partial charge is 0.385 e. The molecule has 0 radical (unpaired) electrons. The topological polar surface area (TPSA) is 67.4 Å². The fourth-order valence-electron chi connectivity index (χ4n) is 2.41. The number of sulfonamides is 1. The Labute approximate surface area is 127 Å². The van der Waals surface area contributed by atoms with E-state index < -0.39 is 15.6 Å². The molecule has 0 saturated heterocycles. The zero-order valence-electron chi connectivity index (χ0n) is 12.9. The number of anilines is 1. The van der Waals surface area contributed by atoms with E-state index in [4.69, 9.17) is 4.74 Å². The maximum absolute atomic E-state index is 12.4. The Bertz CT molecular complexity index is 597. The Morgan fingerprint density at radius 3 is 2.86 bits per heavy atom. The molecule has 21 heavy (non-hydrogen) atoms. The van der Waals surface area contributed by atoms with Crippen LogP contribution < -0.4 is 10.0 Å². The van der Waals surface area contributed by atoms with Gasteiger partial charge in [0, 0.05) is 25.4 Å². The molecule has 0 unspecified atom stereocenters. The lowest BCUT2D eigenvalue weighted by molar-refractivity contribution is -0.00515. The molecule has 0 fully saturated rings. The second-order valence-corrected chi connectivity index (χ2v) is 7.63. The molecule has 2 N–H and O–H groups in total. The summed E-state index contributed by atoms with van der Waals surface area (Å²) in [5.41, 5.74) is 1.58. The van der Waals surface area contributed by atoms with Gasteiger partial charge in [-0.1, -0.05) is 0 Å². The molecular formula is C15H24N2O3S. The van der Waals surface area contributed by atoms with E-state index in [1.807, 2.05) is 26.8 Å². The van der Waals surface area contributed by atoms with Crippen molar-refractivity contribution in [3.8, 4) is 0 Å². The van der Waals surface area contributed by atoms with Gasteiger partial charge in [-0.2, -0.15) is 0 Å². The SMILES string of the molecule is CCOC(C)(C)CNS(=O)(=O)c1ccc2c(c1)CCCN2. The lowest BCUT2D eigenvalue weighted by atomic mass is 10.0. The highest BCUT2D eigenvalue weighted by Gasteiger charge is 2.23. The van der Waals surface area contributed by atoms with Crippen molar-refractivity contribution >= 4 is 15.7 Å². The van der Waals surface area contributed by atoms with E-state index in [2.05, 4.69) is 10.0 Å². The molecule has 0 spiro atoms. The first-order valence-electron chi connectivity index (χ1n) is 7.34. The van der Waals surface area contributed by atoms with Gasteiger partial charge in [0.05, 0.1) is 10.5 Å². The van der Waals surface area contributed by atoms with E-state index >= 15 is 0 Å². The van der Waals surface area contributed by atoms with Gasteiger partial charge in [-0.3, -0.25) is 0 Å². The standard InChI is InChI=1S/C15H24N2O3S/c1-4-20-15(2,3)11-17-21(18,19)13-7-8-14-12(10-13)6-5-9-16-14/h7-8,10,16-17H,4-6,9,11H2,1-3H3. The minimum absolute atomic E-state index is 0.249. The highest BCUT2D eigenvalue weighted by atomic mass is 32.2. The van der Waals surface area contributed by atoms with Crippen LogP contribution in [-0.2, 0) is 21.2 Å². The van der Waals surface area contributed by atoms with Crippen molar-refractivity contribution in [3.63, 3.8) is 0 Å². The van der Waals surface area contributed by atoms with Crippen LogP contribution in [0, 0.1) is 0 Å². The number of benzene rings is 1. The molecule has 0 bridgehead atoms. The molecule has 1 heterocycles. The quantitative estimate of drug-likeness (QED) is 0.844. The summed E-state index contributed by atoms with van der Waals surface area (Å²) in [6.45, 7) is 7.38. The predicted molar refractivity (Wildman–Crippen MR) is 84.1 cm³/mol. The summed E-state index contributed by atoms with van der Waals surface area (Å²) in [4.78, 5) is 0.317. The molecule has 0 saturated carbocycles. The van der Waals surface area contributed by atoms with Gasteiger partial charge in [0.2, 0.25) is 10.0 Å².